The fraction of sp³-hybridized carbons (Fsp3) is 0.947. The lowest BCUT2D eigenvalue weighted by Crippen LogP contribution is -2.30. The maximum Gasteiger partial charge on any atom is 0.472 e. The molecule has 94 heavy (non-hydrogen) atoms. The van der Waals surface area contributed by atoms with E-state index in [2.05, 4.69) is 34.6 Å². The second-order valence-corrected chi connectivity index (χ2v) is 30.4. The SMILES string of the molecule is CCCCCCCCCCCCCCCCCCCCCC(=O)O[C@H](COC(=O)CCCCCCCCCCCCCCC(C)C)COP(=O)(O)OC[C@@H](O)COP(=O)(O)OC[C@@H](COC(=O)CCCCCCCCC)OC(=O)CCCCCCCCCCCCCCC. The third-order valence-corrected chi connectivity index (χ3v) is 19.4. The van der Waals surface area contributed by atoms with E-state index >= 15 is 0 Å². The van der Waals surface area contributed by atoms with Crippen molar-refractivity contribution < 1.29 is 80.2 Å². The van der Waals surface area contributed by atoms with E-state index in [1.165, 1.54) is 205 Å². The highest BCUT2D eigenvalue weighted by Crippen LogP contribution is 2.45. The number of hydrogen-bond acceptors (Lipinski definition) is 15. The van der Waals surface area contributed by atoms with Gasteiger partial charge in [0, 0.05) is 25.7 Å². The van der Waals surface area contributed by atoms with E-state index in [-0.39, 0.29) is 25.7 Å². The van der Waals surface area contributed by atoms with Gasteiger partial charge in [0.05, 0.1) is 26.4 Å². The standard InChI is InChI=1S/C75H146O17P2/c1-6-9-12-15-18-20-22-24-25-26-27-28-29-31-37-41-46-51-56-61-75(80)92-71(65-86-73(78)59-54-49-44-39-35-33-32-34-38-43-47-52-57-68(4)5)67-90-94(83,84)88-63-69(76)62-87-93(81,82)89-66-70(64-85-72(77)58-53-48-42-17-14-11-8-3)91-74(79)60-55-50-45-40-36-30-23-21-19-16-13-10-7-2/h68-71,76H,6-67H2,1-5H3,(H,81,82)(H,83,84)/t69-,70+,71+/m0/s1. The predicted molar refractivity (Wildman–Crippen MR) is 382 cm³/mol. The molecule has 0 spiro atoms. The van der Waals surface area contributed by atoms with Crippen LogP contribution >= 0.6 is 15.6 Å². The number of aliphatic hydroxyl groups is 1. The van der Waals surface area contributed by atoms with Gasteiger partial charge >= 0.3 is 39.5 Å². The van der Waals surface area contributed by atoms with Gasteiger partial charge in [-0.05, 0) is 31.6 Å². The van der Waals surface area contributed by atoms with E-state index < -0.39 is 97.5 Å². The molecule has 2 unspecified atom stereocenters. The zero-order chi connectivity index (χ0) is 69.1. The molecule has 0 heterocycles. The summed E-state index contributed by atoms with van der Waals surface area (Å²) in [7, 11) is -9.90. The lowest BCUT2D eigenvalue weighted by molar-refractivity contribution is -0.161. The highest BCUT2D eigenvalue weighted by Gasteiger charge is 2.30. The van der Waals surface area contributed by atoms with Crippen LogP contribution in [0.3, 0.4) is 0 Å². The van der Waals surface area contributed by atoms with Crippen LogP contribution in [-0.4, -0.2) is 96.7 Å². The van der Waals surface area contributed by atoms with Crippen LogP contribution in [-0.2, 0) is 65.4 Å². The number of hydrogen-bond donors (Lipinski definition) is 3. The maximum atomic E-state index is 13.1. The zero-order valence-corrected chi connectivity index (χ0v) is 62.9. The van der Waals surface area contributed by atoms with E-state index in [9.17, 15) is 43.2 Å². The number of aliphatic hydroxyl groups excluding tert-OH is 1. The van der Waals surface area contributed by atoms with Crippen molar-refractivity contribution in [2.75, 3.05) is 39.6 Å². The molecule has 3 N–H and O–H groups in total. The molecule has 0 aliphatic carbocycles. The highest BCUT2D eigenvalue weighted by molar-refractivity contribution is 7.47. The number of ether oxygens (including phenoxy) is 4. The van der Waals surface area contributed by atoms with Gasteiger partial charge in [-0.1, -0.05) is 343 Å². The van der Waals surface area contributed by atoms with Crippen LogP contribution in [0.2, 0.25) is 0 Å². The smallest absolute Gasteiger partial charge is 0.462 e. The number of phosphoric acid groups is 2. The van der Waals surface area contributed by atoms with E-state index in [0.717, 1.165) is 109 Å². The molecule has 0 aromatic heterocycles. The second kappa shape index (κ2) is 68.2. The van der Waals surface area contributed by atoms with Crippen LogP contribution in [0.25, 0.3) is 0 Å². The van der Waals surface area contributed by atoms with Gasteiger partial charge in [-0.3, -0.25) is 37.3 Å². The normalized spacial score (nSPS) is 14.0. The average molecular weight is 1380 g/mol. The predicted octanol–water partition coefficient (Wildman–Crippen LogP) is 22.1. The fourth-order valence-corrected chi connectivity index (χ4v) is 13.1. The maximum absolute atomic E-state index is 13.1. The van der Waals surface area contributed by atoms with Crippen LogP contribution in [0.4, 0.5) is 0 Å². The Morgan fingerprint density at radius 2 is 0.489 bits per heavy atom. The van der Waals surface area contributed by atoms with Crippen molar-refractivity contribution in [1.82, 2.24) is 0 Å². The van der Waals surface area contributed by atoms with Crippen molar-refractivity contribution in [2.24, 2.45) is 5.92 Å². The third kappa shape index (κ3) is 68.6. The summed E-state index contributed by atoms with van der Waals surface area (Å²) in [4.78, 5) is 72.6. The molecule has 0 rings (SSSR count). The van der Waals surface area contributed by atoms with Gasteiger partial charge in [-0.2, -0.15) is 0 Å². The minimum atomic E-state index is -4.96. The molecule has 19 heteroatoms. The van der Waals surface area contributed by atoms with Gasteiger partial charge in [-0.25, -0.2) is 9.13 Å². The molecule has 17 nitrogen and oxygen atoms in total. The van der Waals surface area contributed by atoms with Crippen molar-refractivity contribution in [3.63, 3.8) is 0 Å². The van der Waals surface area contributed by atoms with Gasteiger partial charge < -0.3 is 33.8 Å². The average Bonchev–Trinajstić information content (AvgIpc) is 1.44. The summed E-state index contributed by atoms with van der Waals surface area (Å²) in [5.74, 6) is -1.34. The zero-order valence-electron chi connectivity index (χ0n) is 61.1. The Balaban J connectivity index is 5.19. The van der Waals surface area contributed by atoms with Gasteiger partial charge in [-0.15, -0.1) is 0 Å². The molecular weight excluding hydrogens is 1230 g/mol. The largest absolute Gasteiger partial charge is 0.472 e. The van der Waals surface area contributed by atoms with Gasteiger partial charge in [0.25, 0.3) is 0 Å². The molecule has 0 amide bonds. The summed E-state index contributed by atoms with van der Waals surface area (Å²) < 4.78 is 68.4. The van der Waals surface area contributed by atoms with Crippen LogP contribution in [0.5, 0.6) is 0 Å². The molecule has 0 aliphatic heterocycles. The first-order valence-corrected chi connectivity index (χ1v) is 42.1. The molecule has 0 aromatic rings. The van der Waals surface area contributed by atoms with Crippen LogP contribution in [0.1, 0.15) is 394 Å². The van der Waals surface area contributed by atoms with Gasteiger partial charge in [0.15, 0.2) is 12.2 Å². The van der Waals surface area contributed by atoms with Gasteiger partial charge in [0.1, 0.15) is 19.3 Å². The summed E-state index contributed by atoms with van der Waals surface area (Å²) in [5.41, 5.74) is 0. The Kier molecular flexibility index (Phi) is 66.8. The van der Waals surface area contributed by atoms with E-state index in [0.29, 0.717) is 25.7 Å². The van der Waals surface area contributed by atoms with Crippen LogP contribution < -0.4 is 0 Å². The number of unbranched alkanes of at least 4 members (excludes halogenated alkanes) is 47. The minimum Gasteiger partial charge on any atom is -0.462 e. The molecule has 0 aliphatic rings. The Bertz CT molecular complexity index is 1810. The van der Waals surface area contributed by atoms with Crippen molar-refractivity contribution in [3.05, 3.63) is 0 Å². The van der Waals surface area contributed by atoms with E-state index in [1.807, 2.05) is 0 Å². The molecule has 0 bridgehead atoms. The molecular formula is C75H146O17P2. The highest BCUT2D eigenvalue weighted by atomic mass is 31.2. The Labute approximate surface area is 575 Å². The Morgan fingerprint density at radius 3 is 0.723 bits per heavy atom. The number of esters is 4. The number of carbonyl (C=O) groups is 4. The second-order valence-electron chi connectivity index (χ2n) is 27.5. The topological polar surface area (TPSA) is 237 Å². The molecule has 0 fully saturated rings. The van der Waals surface area contributed by atoms with Crippen LogP contribution in [0, 0.1) is 5.92 Å². The molecule has 0 aromatic carbocycles. The van der Waals surface area contributed by atoms with Gasteiger partial charge in [0.2, 0.25) is 0 Å². The van der Waals surface area contributed by atoms with Crippen molar-refractivity contribution in [1.29, 1.82) is 0 Å². The van der Waals surface area contributed by atoms with Crippen molar-refractivity contribution >= 4 is 39.5 Å². The fourth-order valence-electron chi connectivity index (χ4n) is 11.5. The molecule has 0 saturated heterocycles. The first kappa shape index (κ1) is 92.1. The number of carbonyl (C=O) groups excluding carboxylic acids is 4. The molecule has 558 valence electrons. The molecule has 0 saturated carbocycles. The Morgan fingerprint density at radius 1 is 0.287 bits per heavy atom. The molecule has 5 atom stereocenters. The Hall–Kier alpha value is -1.94. The van der Waals surface area contributed by atoms with Crippen molar-refractivity contribution in [3.8, 4) is 0 Å². The summed E-state index contributed by atoms with van der Waals surface area (Å²) in [5, 5.41) is 10.6. The monoisotopic (exact) mass is 1380 g/mol. The summed E-state index contributed by atoms with van der Waals surface area (Å²) >= 11 is 0. The third-order valence-electron chi connectivity index (χ3n) is 17.5. The lowest BCUT2D eigenvalue weighted by Gasteiger charge is -2.21. The number of phosphoric ester groups is 2. The van der Waals surface area contributed by atoms with Crippen LogP contribution in [0.15, 0.2) is 0 Å². The first-order valence-electron chi connectivity index (χ1n) is 39.1. The van der Waals surface area contributed by atoms with E-state index in [4.69, 9.17) is 37.0 Å². The van der Waals surface area contributed by atoms with Crippen molar-refractivity contribution in [2.45, 2.75) is 412 Å². The quantitative estimate of drug-likeness (QED) is 0.0222. The lowest BCUT2D eigenvalue weighted by atomic mass is 10.0. The summed E-state index contributed by atoms with van der Waals surface area (Å²) in [6.07, 6.45) is 57.0. The minimum absolute atomic E-state index is 0.108. The van der Waals surface area contributed by atoms with E-state index in [1.54, 1.807) is 0 Å². The summed E-state index contributed by atoms with van der Waals surface area (Å²) in [6.45, 7) is 7.26. The molecule has 0 radical (unpaired) electrons. The number of rotatable bonds is 75. The first-order chi connectivity index (χ1) is 45.5. The summed E-state index contributed by atoms with van der Waals surface area (Å²) in [6, 6.07) is 0.